The van der Waals surface area contributed by atoms with Gasteiger partial charge in [-0.25, -0.2) is 4.99 Å². The standard InChI is InChI=1S/C26H32ClN5O/c1-3-25(27)26-30-18(2)29-22-6-4-5-19(13-22)7-8-20-14-23(31-26)10-9-21(20)15-28-24-11-12-32(16-24)17-33/h3-6,9-10,13-14,17-18,24,28-29H,7-8,11-12,15-16H2,1-2H3,(H,30,31)/b25-3+. The third-order valence-corrected chi connectivity index (χ3v) is 6.60. The van der Waals surface area contributed by atoms with Crippen LogP contribution in [0.15, 0.2) is 58.6 Å². The summed E-state index contributed by atoms with van der Waals surface area (Å²) in [5, 5.41) is 11.1. The first-order chi connectivity index (χ1) is 16.0. The summed E-state index contributed by atoms with van der Waals surface area (Å²) in [4.78, 5) is 17.7. The Morgan fingerprint density at radius 2 is 2.12 bits per heavy atom. The van der Waals surface area contributed by atoms with Crippen LogP contribution in [0, 0.1) is 0 Å². The lowest BCUT2D eigenvalue weighted by Crippen LogP contribution is -2.32. The highest BCUT2D eigenvalue weighted by atomic mass is 35.5. The topological polar surface area (TPSA) is 68.8 Å². The third-order valence-electron chi connectivity index (χ3n) is 6.21. The highest BCUT2D eigenvalue weighted by molar-refractivity contribution is 6.44. The largest absolute Gasteiger partial charge is 0.364 e. The van der Waals surface area contributed by atoms with Gasteiger partial charge in [0, 0.05) is 37.1 Å². The number of likely N-dealkylation sites (tertiary alicyclic amines) is 1. The number of amides is 1. The van der Waals surface area contributed by atoms with Crippen LogP contribution in [0.2, 0.25) is 0 Å². The zero-order chi connectivity index (χ0) is 23.2. The van der Waals surface area contributed by atoms with Gasteiger partial charge in [-0.3, -0.25) is 4.79 Å². The number of fused-ring (bicyclic) bond motifs is 4. The summed E-state index contributed by atoms with van der Waals surface area (Å²) in [6.45, 7) is 6.31. The number of nitrogens with zero attached hydrogens (tertiary/aromatic N) is 2. The van der Waals surface area contributed by atoms with E-state index in [-0.39, 0.29) is 6.17 Å². The van der Waals surface area contributed by atoms with Crippen molar-refractivity contribution in [1.82, 2.24) is 10.2 Å². The van der Waals surface area contributed by atoms with Crippen molar-refractivity contribution in [2.75, 3.05) is 23.7 Å². The summed E-state index contributed by atoms with van der Waals surface area (Å²) >= 11 is 6.49. The smallest absolute Gasteiger partial charge is 0.209 e. The maximum absolute atomic E-state index is 11.0. The molecule has 0 aromatic heterocycles. The van der Waals surface area contributed by atoms with E-state index in [4.69, 9.17) is 16.6 Å². The minimum atomic E-state index is -0.141. The minimum Gasteiger partial charge on any atom is -0.364 e. The van der Waals surface area contributed by atoms with Gasteiger partial charge < -0.3 is 20.9 Å². The van der Waals surface area contributed by atoms with Gasteiger partial charge in [-0.15, -0.1) is 0 Å². The second kappa shape index (κ2) is 10.9. The average molecular weight is 466 g/mol. The second-order valence-corrected chi connectivity index (χ2v) is 9.12. The summed E-state index contributed by atoms with van der Waals surface area (Å²) in [5.41, 5.74) is 5.88. The molecule has 2 aromatic carbocycles. The number of carbonyl (C=O) groups is 1. The zero-order valence-corrected chi connectivity index (χ0v) is 20.0. The van der Waals surface area contributed by atoms with Gasteiger partial charge >= 0.3 is 0 Å². The molecule has 33 heavy (non-hydrogen) atoms. The van der Waals surface area contributed by atoms with Crippen LogP contribution in [0.3, 0.4) is 0 Å². The summed E-state index contributed by atoms with van der Waals surface area (Å²) in [6, 6.07) is 15.3. The fraction of sp³-hybridized carbons (Fsp3) is 0.385. The van der Waals surface area contributed by atoms with Crippen molar-refractivity contribution in [3.05, 3.63) is 70.3 Å². The lowest BCUT2D eigenvalue weighted by atomic mass is 9.98. The molecule has 3 N–H and O–H groups in total. The molecule has 0 saturated carbocycles. The molecule has 1 amide bonds. The molecule has 0 spiro atoms. The van der Waals surface area contributed by atoms with E-state index >= 15 is 0 Å². The molecule has 0 radical (unpaired) electrons. The number of aryl methyl sites for hydroxylation is 2. The molecule has 6 nitrogen and oxygen atoms in total. The molecule has 1 saturated heterocycles. The first kappa shape index (κ1) is 23.3. The van der Waals surface area contributed by atoms with Crippen molar-refractivity contribution in [3.8, 4) is 0 Å². The monoisotopic (exact) mass is 465 g/mol. The van der Waals surface area contributed by atoms with Gasteiger partial charge in [0.05, 0.1) is 5.03 Å². The van der Waals surface area contributed by atoms with Gasteiger partial charge in [-0.05, 0) is 74.1 Å². The predicted octanol–water partition coefficient (Wildman–Crippen LogP) is 4.52. The summed E-state index contributed by atoms with van der Waals surface area (Å²) < 4.78 is 0. The van der Waals surface area contributed by atoms with Crippen molar-refractivity contribution in [2.45, 2.75) is 51.9 Å². The first-order valence-electron chi connectivity index (χ1n) is 11.6. The first-order valence-corrected chi connectivity index (χ1v) is 12.0. The SMILES string of the molecule is C/C=C(Cl)\C1=N/C(C)Nc2cccc(c2)CCc2cc(ccc2CNC2CCN(C=O)C2)N1. The number of amidine groups is 1. The maximum Gasteiger partial charge on any atom is 0.209 e. The summed E-state index contributed by atoms with van der Waals surface area (Å²) in [6.07, 6.45) is 5.53. The molecule has 174 valence electrons. The van der Waals surface area contributed by atoms with Gasteiger partial charge in [0.1, 0.15) is 12.0 Å². The van der Waals surface area contributed by atoms with E-state index in [1.807, 2.05) is 24.8 Å². The van der Waals surface area contributed by atoms with Crippen LogP contribution in [0.5, 0.6) is 0 Å². The minimum absolute atomic E-state index is 0.141. The zero-order valence-electron chi connectivity index (χ0n) is 19.3. The average Bonchev–Trinajstić information content (AvgIpc) is 3.29. The number of allylic oxidation sites excluding steroid dienone is 1. The second-order valence-electron chi connectivity index (χ2n) is 8.71. The maximum atomic E-state index is 11.0. The molecule has 2 aliphatic rings. The highest BCUT2D eigenvalue weighted by Gasteiger charge is 2.21. The molecule has 2 aromatic rings. The van der Waals surface area contributed by atoms with Crippen molar-refractivity contribution < 1.29 is 4.79 Å². The summed E-state index contributed by atoms with van der Waals surface area (Å²) in [5.74, 6) is 0.645. The lowest BCUT2D eigenvalue weighted by Gasteiger charge is -2.18. The van der Waals surface area contributed by atoms with Gasteiger partial charge in [0.15, 0.2) is 0 Å². The van der Waals surface area contributed by atoms with E-state index in [2.05, 4.69) is 58.4 Å². The Morgan fingerprint density at radius 3 is 2.91 bits per heavy atom. The van der Waals surface area contributed by atoms with E-state index in [1.54, 1.807) is 0 Å². The fourth-order valence-electron chi connectivity index (χ4n) is 4.40. The van der Waals surface area contributed by atoms with E-state index in [0.29, 0.717) is 16.9 Å². The molecular weight excluding hydrogens is 434 g/mol. The third kappa shape index (κ3) is 6.15. The van der Waals surface area contributed by atoms with Crippen LogP contribution < -0.4 is 16.0 Å². The number of aliphatic imine (C=N–C) groups is 1. The van der Waals surface area contributed by atoms with E-state index in [0.717, 1.165) is 56.7 Å². The van der Waals surface area contributed by atoms with Crippen LogP contribution in [-0.2, 0) is 24.2 Å². The van der Waals surface area contributed by atoms with Crippen LogP contribution in [0.4, 0.5) is 11.4 Å². The molecule has 4 rings (SSSR count). The number of benzene rings is 2. The molecule has 0 aliphatic carbocycles. The molecule has 7 heteroatoms. The molecule has 2 heterocycles. The number of rotatable bonds is 5. The van der Waals surface area contributed by atoms with Crippen LogP contribution >= 0.6 is 11.6 Å². The quantitative estimate of drug-likeness (QED) is 0.568. The van der Waals surface area contributed by atoms with Gasteiger partial charge in [0.25, 0.3) is 0 Å². The molecule has 2 aliphatic heterocycles. The van der Waals surface area contributed by atoms with Crippen LogP contribution in [0.1, 0.15) is 37.0 Å². The number of hydrogen-bond acceptors (Lipinski definition) is 5. The van der Waals surface area contributed by atoms with Gasteiger partial charge in [-0.2, -0.15) is 0 Å². The van der Waals surface area contributed by atoms with Gasteiger partial charge in [-0.1, -0.05) is 35.9 Å². The Bertz CT molecular complexity index is 1050. The van der Waals surface area contributed by atoms with E-state index in [9.17, 15) is 4.79 Å². The molecule has 2 atom stereocenters. The van der Waals surface area contributed by atoms with Crippen molar-refractivity contribution >= 4 is 35.2 Å². The molecule has 1 fully saturated rings. The number of anilines is 2. The van der Waals surface area contributed by atoms with Gasteiger partial charge in [0.2, 0.25) is 6.41 Å². The Kier molecular flexibility index (Phi) is 7.68. The van der Waals surface area contributed by atoms with Crippen molar-refractivity contribution in [3.63, 3.8) is 0 Å². The highest BCUT2D eigenvalue weighted by Crippen LogP contribution is 2.23. The van der Waals surface area contributed by atoms with E-state index < -0.39 is 0 Å². The number of carbonyl (C=O) groups excluding carboxylic acids is 1. The predicted molar refractivity (Wildman–Crippen MR) is 137 cm³/mol. The normalized spacial score (nSPS) is 22.7. The van der Waals surface area contributed by atoms with Crippen LogP contribution in [0.25, 0.3) is 0 Å². The Labute approximate surface area is 201 Å². The number of halogens is 1. The Morgan fingerprint density at radius 1 is 1.24 bits per heavy atom. The molecule has 2 unspecified atom stereocenters. The van der Waals surface area contributed by atoms with Crippen molar-refractivity contribution in [1.29, 1.82) is 0 Å². The summed E-state index contributed by atoms with van der Waals surface area (Å²) in [7, 11) is 0. The number of hydrogen-bond donors (Lipinski definition) is 3. The number of nitrogens with one attached hydrogen (secondary N) is 3. The molecule has 4 bridgehead atoms. The lowest BCUT2D eigenvalue weighted by molar-refractivity contribution is -0.117. The van der Waals surface area contributed by atoms with E-state index in [1.165, 1.54) is 16.7 Å². The van der Waals surface area contributed by atoms with Crippen molar-refractivity contribution in [2.24, 2.45) is 4.99 Å². The fourth-order valence-corrected chi connectivity index (χ4v) is 4.50. The van der Waals surface area contributed by atoms with Crippen LogP contribution in [-0.4, -0.2) is 42.4 Å². The Balaban J connectivity index is 1.62. The Hall–Kier alpha value is -2.83. The molecular formula is C26H32ClN5O.